The highest BCUT2D eigenvalue weighted by atomic mass is 32.1. The van der Waals surface area contributed by atoms with E-state index in [-0.39, 0.29) is 0 Å². The summed E-state index contributed by atoms with van der Waals surface area (Å²) in [5, 5.41) is 4.17. The smallest absolute Gasteiger partial charge is 0.350 e. The van der Waals surface area contributed by atoms with E-state index in [0.717, 1.165) is 11.4 Å². The van der Waals surface area contributed by atoms with Gasteiger partial charge >= 0.3 is 5.97 Å². The molecule has 0 fully saturated rings. The lowest BCUT2D eigenvalue weighted by molar-refractivity contribution is 0.0607. The standard InChI is InChI=1S/C13H22N2O3S/c1-6-8(7(2)3)15-12-10(17-4)9(14)11(19-12)13(16)18-5/h7-8,15H,6,14H2,1-5H3. The first-order valence-corrected chi connectivity index (χ1v) is 7.08. The third kappa shape index (κ3) is 3.32. The minimum atomic E-state index is -0.438. The third-order valence-electron chi connectivity index (χ3n) is 3.04. The molecule has 0 saturated heterocycles. The van der Waals surface area contributed by atoms with Crippen LogP contribution in [0.4, 0.5) is 10.7 Å². The Morgan fingerprint density at radius 2 is 2.05 bits per heavy atom. The first-order chi connectivity index (χ1) is 8.96. The van der Waals surface area contributed by atoms with Crippen molar-refractivity contribution in [1.29, 1.82) is 0 Å². The van der Waals surface area contributed by atoms with Gasteiger partial charge in [0.2, 0.25) is 0 Å². The molecule has 0 aromatic carbocycles. The van der Waals surface area contributed by atoms with E-state index in [1.807, 2.05) is 0 Å². The van der Waals surface area contributed by atoms with E-state index in [1.165, 1.54) is 18.4 Å². The molecule has 0 aliphatic carbocycles. The SMILES string of the molecule is CCC(Nc1sc(C(=O)OC)c(N)c1OC)C(C)C. The Hall–Kier alpha value is -1.43. The van der Waals surface area contributed by atoms with E-state index in [1.54, 1.807) is 7.11 Å². The predicted molar refractivity (Wildman–Crippen MR) is 79.2 cm³/mol. The van der Waals surface area contributed by atoms with Gasteiger partial charge in [0.1, 0.15) is 15.6 Å². The number of thiophene rings is 1. The second kappa shape index (κ2) is 6.65. The lowest BCUT2D eigenvalue weighted by Crippen LogP contribution is -2.24. The summed E-state index contributed by atoms with van der Waals surface area (Å²) in [5.41, 5.74) is 6.26. The number of methoxy groups -OCH3 is 2. The molecule has 1 rings (SSSR count). The Bertz CT molecular complexity index is 443. The maximum absolute atomic E-state index is 11.6. The summed E-state index contributed by atoms with van der Waals surface area (Å²) >= 11 is 1.27. The minimum Gasteiger partial charge on any atom is -0.492 e. The van der Waals surface area contributed by atoms with Crippen molar-refractivity contribution < 1.29 is 14.3 Å². The number of hydrogen-bond acceptors (Lipinski definition) is 6. The van der Waals surface area contributed by atoms with Crippen LogP contribution >= 0.6 is 11.3 Å². The largest absolute Gasteiger partial charge is 0.492 e. The molecule has 6 heteroatoms. The number of hydrogen-bond donors (Lipinski definition) is 2. The van der Waals surface area contributed by atoms with Gasteiger partial charge < -0.3 is 20.5 Å². The highest BCUT2D eigenvalue weighted by Crippen LogP contribution is 2.43. The van der Waals surface area contributed by atoms with Crippen LogP contribution in [0.1, 0.15) is 36.9 Å². The number of anilines is 2. The molecular formula is C13H22N2O3S. The maximum Gasteiger partial charge on any atom is 0.350 e. The molecule has 0 amide bonds. The van der Waals surface area contributed by atoms with E-state index >= 15 is 0 Å². The van der Waals surface area contributed by atoms with Crippen LogP contribution in [-0.4, -0.2) is 26.2 Å². The molecule has 0 spiro atoms. The topological polar surface area (TPSA) is 73.6 Å². The minimum absolute atomic E-state index is 0.303. The van der Waals surface area contributed by atoms with Crippen LogP contribution in [0.2, 0.25) is 0 Å². The number of nitrogen functional groups attached to an aromatic ring is 1. The zero-order chi connectivity index (χ0) is 14.6. The summed E-state index contributed by atoms with van der Waals surface area (Å²) in [6.07, 6.45) is 0.978. The van der Waals surface area contributed by atoms with Crippen molar-refractivity contribution in [3.05, 3.63) is 4.88 Å². The highest BCUT2D eigenvalue weighted by Gasteiger charge is 2.24. The Balaban J connectivity index is 3.10. The van der Waals surface area contributed by atoms with Gasteiger partial charge in [-0.15, -0.1) is 11.3 Å². The van der Waals surface area contributed by atoms with Gasteiger partial charge in [-0.1, -0.05) is 20.8 Å². The van der Waals surface area contributed by atoms with Gasteiger partial charge in [-0.2, -0.15) is 0 Å². The fraction of sp³-hybridized carbons (Fsp3) is 0.615. The van der Waals surface area contributed by atoms with Crippen molar-refractivity contribution in [2.45, 2.75) is 33.2 Å². The van der Waals surface area contributed by atoms with E-state index < -0.39 is 5.97 Å². The Morgan fingerprint density at radius 1 is 1.42 bits per heavy atom. The lowest BCUT2D eigenvalue weighted by Gasteiger charge is -2.21. The van der Waals surface area contributed by atoms with E-state index in [2.05, 4.69) is 26.1 Å². The molecule has 1 aromatic rings. The van der Waals surface area contributed by atoms with E-state index in [9.17, 15) is 4.79 Å². The van der Waals surface area contributed by atoms with Crippen molar-refractivity contribution in [2.75, 3.05) is 25.3 Å². The number of ether oxygens (including phenoxy) is 2. The molecular weight excluding hydrogens is 264 g/mol. The molecule has 0 saturated carbocycles. The number of carbonyl (C=O) groups is 1. The van der Waals surface area contributed by atoms with Gasteiger partial charge in [-0.05, 0) is 12.3 Å². The fourth-order valence-electron chi connectivity index (χ4n) is 1.88. The first-order valence-electron chi connectivity index (χ1n) is 6.27. The average Bonchev–Trinajstić information content (AvgIpc) is 2.70. The van der Waals surface area contributed by atoms with Gasteiger partial charge in [0.25, 0.3) is 0 Å². The van der Waals surface area contributed by atoms with Crippen LogP contribution in [0, 0.1) is 5.92 Å². The second-order valence-electron chi connectivity index (χ2n) is 4.60. The number of carbonyl (C=O) groups excluding carboxylic acids is 1. The number of esters is 1. The van der Waals surface area contributed by atoms with Crippen molar-refractivity contribution in [2.24, 2.45) is 5.92 Å². The fourth-order valence-corrected chi connectivity index (χ4v) is 2.95. The molecule has 5 nitrogen and oxygen atoms in total. The van der Waals surface area contributed by atoms with Crippen LogP contribution in [-0.2, 0) is 4.74 Å². The molecule has 1 unspecified atom stereocenters. The number of rotatable bonds is 6. The number of nitrogens with one attached hydrogen (secondary N) is 1. The van der Waals surface area contributed by atoms with Gasteiger partial charge in [0, 0.05) is 6.04 Å². The van der Waals surface area contributed by atoms with Crippen molar-refractivity contribution in [1.82, 2.24) is 0 Å². The van der Waals surface area contributed by atoms with E-state index in [4.69, 9.17) is 15.2 Å². The molecule has 1 heterocycles. The van der Waals surface area contributed by atoms with Crippen LogP contribution in [0.5, 0.6) is 5.75 Å². The molecule has 1 atom stereocenters. The summed E-state index contributed by atoms with van der Waals surface area (Å²) in [6, 6.07) is 0.303. The van der Waals surface area contributed by atoms with Crippen molar-refractivity contribution >= 4 is 28.0 Å². The molecule has 0 aliphatic rings. The summed E-state index contributed by atoms with van der Waals surface area (Å²) in [5.74, 6) is 0.551. The zero-order valence-corrected chi connectivity index (χ0v) is 12.9. The van der Waals surface area contributed by atoms with Crippen molar-refractivity contribution in [3.8, 4) is 5.75 Å². The molecule has 1 aromatic heterocycles. The van der Waals surface area contributed by atoms with Gasteiger partial charge in [0.15, 0.2) is 5.75 Å². The summed E-state index contributed by atoms with van der Waals surface area (Å²) in [4.78, 5) is 12.0. The predicted octanol–water partition coefficient (Wildman–Crippen LogP) is 2.97. The molecule has 0 bridgehead atoms. The monoisotopic (exact) mass is 286 g/mol. The number of nitrogens with two attached hydrogens (primary N) is 1. The normalized spacial score (nSPS) is 12.3. The average molecular weight is 286 g/mol. The quantitative estimate of drug-likeness (QED) is 0.786. The molecule has 19 heavy (non-hydrogen) atoms. The summed E-state index contributed by atoms with van der Waals surface area (Å²) < 4.78 is 10.0. The van der Waals surface area contributed by atoms with Crippen LogP contribution < -0.4 is 15.8 Å². The van der Waals surface area contributed by atoms with Crippen molar-refractivity contribution in [3.63, 3.8) is 0 Å². The zero-order valence-electron chi connectivity index (χ0n) is 12.1. The van der Waals surface area contributed by atoms with Crippen LogP contribution in [0.3, 0.4) is 0 Å². The molecule has 0 aliphatic heterocycles. The first kappa shape index (κ1) is 15.6. The Kier molecular flexibility index (Phi) is 5.47. The van der Waals surface area contributed by atoms with Crippen LogP contribution in [0.25, 0.3) is 0 Å². The van der Waals surface area contributed by atoms with Gasteiger partial charge in [-0.3, -0.25) is 0 Å². The molecule has 108 valence electrons. The third-order valence-corrected chi connectivity index (χ3v) is 4.13. The maximum atomic E-state index is 11.6. The second-order valence-corrected chi connectivity index (χ2v) is 5.62. The Morgan fingerprint density at radius 3 is 2.47 bits per heavy atom. The molecule has 0 radical (unpaired) electrons. The molecule has 3 N–H and O–H groups in total. The summed E-state index contributed by atoms with van der Waals surface area (Å²) in [6.45, 7) is 6.40. The van der Waals surface area contributed by atoms with E-state index in [0.29, 0.717) is 28.3 Å². The van der Waals surface area contributed by atoms with Gasteiger partial charge in [-0.25, -0.2) is 4.79 Å². The van der Waals surface area contributed by atoms with Gasteiger partial charge in [0.05, 0.1) is 14.2 Å². The van der Waals surface area contributed by atoms with Crippen LogP contribution in [0.15, 0.2) is 0 Å². The highest BCUT2D eigenvalue weighted by molar-refractivity contribution is 7.19. The lowest BCUT2D eigenvalue weighted by atomic mass is 10.0. The Labute approximate surface area is 118 Å². The summed E-state index contributed by atoms with van der Waals surface area (Å²) in [7, 11) is 2.88.